The summed E-state index contributed by atoms with van der Waals surface area (Å²) in [4.78, 5) is 15.2. The lowest BCUT2D eigenvalue weighted by molar-refractivity contribution is 0.0508. The Balaban J connectivity index is 2.07. The monoisotopic (exact) mass is 269 g/mol. The average molecular weight is 269 g/mol. The molecule has 0 spiro atoms. The Kier molecular flexibility index (Phi) is 4.24. The highest BCUT2D eigenvalue weighted by molar-refractivity contribution is 5.85. The summed E-state index contributed by atoms with van der Waals surface area (Å²) in [6, 6.07) is 9.03. The van der Waals surface area contributed by atoms with Crippen molar-refractivity contribution in [2.45, 2.75) is 6.92 Å². The van der Waals surface area contributed by atoms with Crippen molar-refractivity contribution in [1.29, 1.82) is 5.26 Å². The smallest absolute Gasteiger partial charge is 0.379 e. The summed E-state index contributed by atoms with van der Waals surface area (Å²) in [7, 11) is 0. The molecule has 20 heavy (non-hydrogen) atoms. The lowest BCUT2D eigenvalue weighted by Gasteiger charge is -1.93. The van der Waals surface area contributed by atoms with Crippen LogP contribution in [0, 0.1) is 11.3 Å². The van der Waals surface area contributed by atoms with Gasteiger partial charge in [-0.3, -0.25) is 0 Å². The van der Waals surface area contributed by atoms with Gasteiger partial charge >= 0.3 is 5.97 Å². The summed E-state index contributed by atoms with van der Waals surface area (Å²) in [6.07, 6.45) is 3.32. The molecule has 0 saturated heterocycles. The first kappa shape index (κ1) is 13.5. The molecule has 0 bridgehead atoms. The second-order valence-corrected chi connectivity index (χ2v) is 3.74. The topological polar surface area (TPSA) is 89.0 Å². The van der Waals surface area contributed by atoms with Crippen molar-refractivity contribution >= 4 is 18.1 Å². The number of nitrogens with zero attached hydrogens (tertiary/aromatic N) is 3. The first-order valence-corrected chi connectivity index (χ1v) is 5.92. The molecule has 1 aromatic heterocycles. The van der Waals surface area contributed by atoms with E-state index in [9.17, 15) is 4.79 Å². The van der Waals surface area contributed by atoms with E-state index in [1.165, 1.54) is 0 Å². The van der Waals surface area contributed by atoms with Crippen molar-refractivity contribution in [1.82, 2.24) is 10.1 Å². The Bertz CT molecular complexity index is 666. The summed E-state index contributed by atoms with van der Waals surface area (Å²) in [5, 5.41) is 12.2. The standard InChI is InChI=1S/C14H11N3O3/c1-2-19-14(18)13-16-12(20-17-13)8-7-10-3-5-11(9-15)6-4-10/h3-8H,2H2,1H3. The van der Waals surface area contributed by atoms with Crippen LogP contribution in [0.2, 0.25) is 0 Å². The van der Waals surface area contributed by atoms with Crippen molar-refractivity contribution < 1.29 is 14.1 Å². The molecular weight excluding hydrogens is 258 g/mol. The number of nitriles is 1. The van der Waals surface area contributed by atoms with E-state index in [1.54, 1.807) is 43.3 Å². The summed E-state index contributed by atoms with van der Waals surface area (Å²) < 4.78 is 9.65. The number of ether oxygens (including phenoxy) is 1. The molecule has 0 fully saturated rings. The van der Waals surface area contributed by atoms with Gasteiger partial charge in [0, 0.05) is 6.08 Å². The lowest BCUT2D eigenvalue weighted by Crippen LogP contribution is -2.06. The number of hydrogen-bond donors (Lipinski definition) is 0. The van der Waals surface area contributed by atoms with E-state index in [2.05, 4.69) is 10.1 Å². The van der Waals surface area contributed by atoms with E-state index < -0.39 is 5.97 Å². The Morgan fingerprint density at radius 2 is 2.15 bits per heavy atom. The van der Waals surface area contributed by atoms with Gasteiger partial charge in [0.15, 0.2) is 0 Å². The molecule has 2 rings (SSSR count). The maximum Gasteiger partial charge on any atom is 0.379 e. The molecule has 0 atom stereocenters. The first-order valence-electron chi connectivity index (χ1n) is 5.92. The molecule has 2 aromatic rings. The maximum absolute atomic E-state index is 11.3. The van der Waals surface area contributed by atoms with Gasteiger partial charge in [0.1, 0.15) is 0 Å². The van der Waals surface area contributed by atoms with Crippen LogP contribution >= 0.6 is 0 Å². The molecule has 0 N–H and O–H groups in total. The van der Waals surface area contributed by atoms with Gasteiger partial charge in [0.25, 0.3) is 11.7 Å². The Hall–Kier alpha value is -2.94. The van der Waals surface area contributed by atoms with Crippen LogP contribution in [-0.4, -0.2) is 22.7 Å². The quantitative estimate of drug-likeness (QED) is 0.791. The molecule has 0 aliphatic carbocycles. The van der Waals surface area contributed by atoms with Gasteiger partial charge in [-0.15, -0.1) is 0 Å². The van der Waals surface area contributed by atoms with Crippen LogP contribution < -0.4 is 0 Å². The van der Waals surface area contributed by atoms with Crippen LogP contribution in [-0.2, 0) is 4.74 Å². The highest BCUT2D eigenvalue weighted by atomic mass is 16.5. The van der Waals surface area contributed by atoms with Crippen LogP contribution in [0.3, 0.4) is 0 Å². The number of rotatable bonds is 4. The van der Waals surface area contributed by atoms with Crippen LogP contribution in [0.25, 0.3) is 12.2 Å². The van der Waals surface area contributed by atoms with Gasteiger partial charge in [-0.1, -0.05) is 12.1 Å². The van der Waals surface area contributed by atoms with E-state index >= 15 is 0 Å². The lowest BCUT2D eigenvalue weighted by atomic mass is 10.1. The van der Waals surface area contributed by atoms with E-state index in [4.69, 9.17) is 14.5 Å². The van der Waals surface area contributed by atoms with E-state index in [1.807, 2.05) is 6.07 Å². The van der Waals surface area contributed by atoms with Crippen LogP contribution in [0.1, 0.15) is 34.6 Å². The third-order valence-electron chi connectivity index (χ3n) is 2.36. The van der Waals surface area contributed by atoms with Gasteiger partial charge in [0.05, 0.1) is 18.2 Å². The maximum atomic E-state index is 11.3. The molecule has 6 nitrogen and oxygen atoms in total. The molecule has 6 heteroatoms. The van der Waals surface area contributed by atoms with Gasteiger partial charge in [0.2, 0.25) is 0 Å². The predicted molar refractivity (Wildman–Crippen MR) is 70.3 cm³/mol. The molecule has 100 valence electrons. The fourth-order valence-electron chi connectivity index (χ4n) is 1.42. The number of benzene rings is 1. The molecule has 0 radical (unpaired) electrons. The molecule has 0 aliphatic rings. The van der Waals surface area contributed by atoms with Crippen molar-refractivity contribution in [2.75, 3.05) is 6.61 Å². The predicted octanol–water partition coefficient (Wildman–Crippen LogP) is 2.29. The van der Waals surface area contributed by atoms with E-state index in [0.717, 1.165) is 5.56 Å². The number of esters is 1. The average Bonchev–Trinajstić information content (AvgIpc) is 2.95. The minimum Gasteiger partial charge on any atom is -0.460 e. The zero-order chi connectivity index (χ0) is 14.4. The molecule has 0 aliphatic heterocycles. The third kappa shape index (κ3) is 3.29. The molecule has 0 saturated carbocycles. The second kappa shape index (κ2) is 6.29. The minimum atomic E-state index is -0.616. The number of aromatic nitrogens is 2. The summed E-state index contributed by atoms with van der Waals surface area (Å²) >= 11 is 0. The third-order valence-corrected chi connectivity index (χ3v) is 2.36. The largest absolute Gasteiger partial charge is 0.460 e. The highest BCUT2D eigenvalue weighted by Gasteiger charge is 2.13. The fourth-order valence-corrected chi connectivity index (χ4v) is 1.42. The normalized spacial score (nSPS) is 10.4. The Morgan fingerprint density at radius 3 is 2.80 bits per heavy atom. The van der Waals surface area contributed by atoms with Crippen molar-refractivity contribution in [3.8, 4) is 6.07 Å². The molecule has 1 heterocycles. The Morgan fingerprint density at radius 1 is 1.40 bits per heavy atom. The molecule has 0 amide bonds. The Labute approximate surface area is 115 Å². The van der Waals surface area contributed by atoms with Crippen molar-refractivity contribution in [3.05, 3.63) is 47.1 Å². The number of carbonyl (C=O) groups excluding carboxylic acids is 1. The van der Waals surface area contributed by atoms with Crippen molar-refractivity contribution in [2.24, 2.45) is 0 Å². The zero-order valence-electron chi connectivity index (χ0n) is 10.7. The summed E-state index contributed by atoms with van der Waals surface area (Å²) in [6.45, 7) is 1.95. The second-order valence-electron chi connectivity index (χ2n) is 3.74. The van der Waals surface area contributed by atoms with Gasteiger partial charge in [-0.25, -0.2) is 4.79 Å². The first-order chi connectivity index (χ1) is 9.72. The SMILES string of the molecule is CCOC(=O)c1noc(C=Cc2ccc(C#N)cc2)n1. The van der Waals surface area contributed by atoms with E-state index in [-0.39, 0.29) is 18.3 Å². The fraction of sp³-hybridized carbons (Fsp3) is 0.143. The van der Waals surface area contributed by atoms with Gasteiger partial charge in [-0.05, 0) is 35.9 Å². The van der Waals surface area contributed by atoms with Gasteiger partial charge < -0.3 is 9.26 Å². The number of carbonyl (C=O) groups is 1. The molecular formula is C14H11N3O3. The van der Waals surface area contributed by atoms with Gasteiger partial charge in [-0.2, -0.15) is 10.2 Å². The number of hydrogen-bond acceptors (Lipinski definition) is 6. The highest BCUT2D eigenvalue weighted by Crippen LogP contribution is 2.08. The van der Waals surface area contributed by atoms with Crippen molar-refractivity contribution in [3.63, 3.8) is 0 Å². The van der Waals surface area contributed by atoms with Crippen LogP contribution in [0.5, 0.6) is 0 Å². The zero-order valence-corrected chi connectivity index (χ0v) is 10.7. The van der Waals surface area contributed by atoms with Crippen LogP contribution in [0.4, 0.5) is 0 Å². The van der Waals surface area contributed by atoms with E-state index in [0.29, 0.717) is 5.56 Å². The summed E-state index contributed by atoms with van der Waals surface area (Å²) in [5.41, 5.74) is 1.46. The molecule has 0 unspecified atom stereocenters. The minimum absolute atomic E-state index is 0.105. The van der Waals surface area contributed by atoms with Crippen LogP contribution in [0.15, 0.2) is 28.8 Å². The molecule has 1 aromatic carbocycles. The summed E-state index contributed by atoms with van der Waals surface area (Å²) in [5.74, 6) is -0.516.